The van der Waals surface area contributed by atoms with Gasteiger partial charge in [-0.05, 0) is 31.3 Å². The Morgan fingerprint density at radius 1 is 1.07 bits per heavy atom. The first kappa shape index (κ1) is 19.3. The molecule has 0 spiro atoms. The number of pyridine rings is 2. The lowest BCUT2D eigenvalue weighted by atomic mass is 10.1. The van der Waals surface area contributed by atoms with Gasteiger partial charge in [0.1, 0.15) is 5.82 Å². The van der Waals surface area contributed by atoms with Gasteiger partial charge in [0, 0.05) is 50.0 Å². The number of nitrogens with zero attached hydrogens (tertiary/aromatic N) is 5. The third-order valence-corrected chi connectivity index (χ3v) is 4.22. The highest BCUT2D eigenvalue weighted by molar-refractivity contribution is 5.48. The molecule has 0 aromatic carbocycles. The molecule has 0 amide bonds. The number of nitrogens with one attached hydrogen (secondary N) is 2. The van der Waals surface area contributed by atoms with Gasteiger partial charge in [0.05, 0.1) is 23.6 Å². The molecule has 1 fully saturated rings. The lowest BCUT2D eigenvalue weighted by molar-refractivity contribution is 0.447. The summed E-state index contributed by atoms with van der Waals surface area (Å²) in [5, 5.41) is 6.51. The first-order chi connectivity index (χ1) is 13.6. The van der Waals surface area contributed by atoms with Crippen molar-refractivity contribution < 1.29 is 0 Å². The van der Waals surface area contributed by atoms with Crippen LogP contribution in [0.25, 0.3) is 0 Å². The molecule has 9 nitrogen and oxygen atoms in total. The maximum absolute atomic E-state index is 5.81. The number of hydrogen-bond donors (Lipinski definition) is 4. The number of aromatic nitrogens is 4. The number of rotatable bonds is 5. The highest BCUT2D eigenvalue weighted by Crippen LogP contribution is 2.20. The Bertz CT molecular complexity index is 852. The number of nitrogen functional groups attached to an aromatic ring is 2. The summed E-state index contributed by atoms with van der Waals surface area (Å²) >= 11 is 0. The quantitative estimate of drug-likeness (QED) is 0.515. The largest absolute Gasteiger partial charge is 0.397 e. The van der Waals surface area contributed by atoms with E-state index in [1.54, 1.807) is 36.9 Å². The van der Waals surface area contributed by atoms with Gasteiger partial charge in [-0.2, -0.15) is 4.98 Å². The van der Waals surface area contributed by atoms with Gasteiger partial charge in [0.25, 0.3) is 0 Å². The van der Waals surface area contributed by atoms with Crippen molar-refractivity contribution in [1.29, 1.82) is 0 Å². The molecule has 9 heteroatoms. The predicted molar refractivity (Wildman–Crippen MR) is 112 cm³/mol. The molecule has 1 aliphatic rings. The smallest absolute Gasteiger partial charge is 0.222 e. The van der Waals surface area contributed by atoms with E-state index < -0.39 is 0 Å². The molecule has 146 valence electrons. The van der Waals surface area contributed by atoms with Gasteiger partial charge in [-0.1, -0.05) is 0 Å². The number of likely N-dealkylation sites (N-methyl/N-ethyl adjacent to an activating group) is 1. The lowest BCUT2D eigenvalue weighted by Gasteiger charge is -2.40. The summed E-state index contributed by atoms with van der Waals surface area (Å²) < 4.78 is 0. The van der Waals surface area contributed by atoms with Gasteiger partial charge in [0.15, 0.2) is 0 Å². The van der Waals surface area contributed by atoms with Crippen molar-refractivity contribution in [3.8, 4) is 0 Å². The molecule has 0 bridgehead atoms. The molecule has 0 unspecified atom stereocenters. The van der Waals surface area contributed by atoms with E-state index in [2.05, 4.69) is 35.5 Å². The van der Waals surface area contributed by atoms with Crippen LogP contribution in [0.2, 0.25) is 0 Å². The summed E-state index contributed by atoms with van der Waals surface area (Å²) in [4.78, 5) is 18.6. The molecule has 6 N–H and O–H groups in total. The molecule has 1 saturated heterocycles. The maximum Gasteiger partial charge on any atom is 0.222 e. The Kier molecular flexibility index (Phi) is 6.53. The van der Waals surface area contributed by atoms with Crippen molar-refractivity contribution in [2.45, 2.75) is 12.6 Å². The average molecular weight is 379 g/mol. The molecule has 3 aromatic rings. The Morgan fingerprint density at radius 3 is 2.39 bits per heavy atom. The van der Waals surface area contributed by atoms with Crippen LogP contribution in [0.15, 0.2) is 55.1 Å². The molecular weight excluding hydrogens is 354 g/mol. The van der Waals surface area contributed by atoms with Gasteiger partial charge >= 0.3 is 0 Å². The molecule has 0 saturated carbocycles. The van der Waals surface area contributed by atoms with Crippen molar-refractivity contribution in [1.82, 2.24) is 25.3 Å². The highest BCUT2D eigenvalue weighted by atomic mass is 15.3. The van der Waals surface area contributed by atoms with Crippen LogP contribution in [0.4, 0.5) is 23.1 Å². The van der Waals surface area contributed by atoms with Crippen molar-refractivity contribution in [3.05, 3.63) is 60.8 Å². The summed E-state index contributed by atoms with van der Waals surface area (Å²) in [5.41, 5.74) is 13.6. The van der Waals surface area contributed by atoms with E-state index in [1.165, 1.54) is 0 Å². The van der Waals surface area contributed by atoms with E-state index in [9.17, 15) is 0 Å². The Balaban J connectivity index is 0.000000271. The fraction of sp³-hybridized carbons (Fsp3) is 0.263. The molecule has 4 rings (SSSR count). The van der Waals surface area contributed by atoms with E-state index in [4.69, 9.17) is 11.5 Å². The Labute approximate surface area is 164 Å². The zero-order valence-electron chi connectivity index (χ0n) is 15.8. The van der Waals surface area contributed by atoms with Crippen LogP contribution in [0.5, 0.6) is 0 Å². The maximum atomic E-state index is 5.81. The minimum Gasteiger partial charge on any atom is -0.397 e. The van der Waals surface area contributed by atoms with Crippen molar-refractivity contribution in [3.63, 3.8) is 0 Å². The monoisotopic (exact) mass is 379 g/mol. The second-order valence-electron chi connectivity index (χ2n) is 6.35. The van der Waals surface area contributed by atoms with Crippen LogP contribution in [-0.2, 0) is 6.54 Å². The first-order valence-corrected chi connectivity index (χ1v) is 8.99. The number of hydrogen-bond acceptors (Lipinski definition) is 9. The summed E-state index contributed by atoms with van der Waals surface area (Å²) in [7, 11) is 1.97. The van der Waals surface area contributed by atoms with Crippen molar-refractivity contribution >= 4 is 23.1 Å². The lowest BCUT2D eigenvalue weighted by Crippen LogP contribution is -2.57. The van der Waals surface area contributed by atoms with Crippen LogP contribution < -0.4 is 27.0 Å². The molecule has 28 heavy (non-hydrogen) atoms. The molecule has 0 atom stereocenters. The minimum atomic E-state index is 0.309. The zero-order chi connectivity index (χ0) is 19.8. The molecular formula is C19H25N9. The second-order valence-corrected chi connectivity index (χ2v) is 6.35. The van der Waals surface area contributed by atoms with E-state index in [0.717, 1.165) is 30.3 Å². The number of nitrogens with two attached hydrogens (primary N) is 2. The summed E-state index contributed by atoms with van der Waals surface area (Å²) in [6.07, 6.45) is 6.82. The van der Waals surface area contributed by atoms with Gasteiger partial charge in [-0.3, -0.25) is 9.97 Å². The first-order valence-electron chi connectivity index (χ1n) is 8.99. The Hall–Kier alpha value is -3.46. The zero-order valence-corrected chi connectivity index (χ0v) is 15.8. The van der Waals surface area contributed by atoms with Crippen molar-refractivity contribution in [2.75, 3.05) is 41.8 Å². The Morgan fingerprint density at radius 2 is 1.82 bits per heavy atom. The normalized spacial score (nSPS) is 13.2. The van der Waals surface area contributed by atoms with E-state index in [0.29, 0.717) is 24.2 Å². The molecule has 1 aliphatic heterocycles. The van der Waals surface area contributed by atoms with Crippen LogP contribution in [0, 0.1) is 0 Å². The van der Waals surface area contributed by atoms with E-state index >= 15 is 0 Å². The van der Waals surface area contributed by atoms with Crippen molar-refractivity contribution in [2.24, 2.45) is 0 Å². The number of anilines is 4. The molecule has 3 aromatic heterocycles. The van der Waals surface area contributed by atoms with Gasteiger partial charge in [-0.15, -0.1) is 0 Å². The average Bonchev–Trinajstić information content (AvgIpc) is 2.67. The third kappa shape index (κ3) is 5.52. The van der Waals surface area contributed by atoms with Crippen LogP contribution in [0.1, 0.15) is 5.69 Å². The summed E-state index contributed by atoms with van der Waals surface area (Å²) in [6, 6.07) is 9.96. The second kappa shape index (κ2) is 9.47. The SMILES string of the molecule is CNC1CN(c2cc(CNc3cccnc3)nc(N)n2)C1.Nc1cccnc1. The predicted octanol–water partition coefficient (Wildman–Crippen LogP) is 1.14. The van der Waals surface area contributed by atoms with Gasteiger partial charge in [0.2, 0.25) is 5.95 Å². The van der Waals surface area contributed by atoms with E-state index in [1.807, 2.05) is 25.2 Å². The molecule has 0 aliphatic carbocycles. The van der Waals surface area contributed by atoms with Crippen LogP contribution in [0.3, 0.4) is 0 Å². The fourth-order valence-electron chi connectivity index (χ4n) is 2.64. The summed E-state index contributed by atoms with van der Waals surface area (Å²) in [6.45, 7) is 2.49. The standard InChI is InChI=1S/C14H19N7.C5H6N2/c1-16-12-8-21(9-12)13-5-11(19-14(15)20-13)7-18-10-3-2-4-17-6-10;6-5-2-1-3-7-4-5/h2-6,12,16,18H,7-9H2,1H3,(H2,15,19,20);1-4H,6H2. The minimum absolute atomic E-state index is 0.309. The fourth-order valence-corrected chi connectivity index (χ4v) is 2.64. The highest BCUT2D eigenvalue weighted by Gasteiger charge is 2.26. The molecule has 0 radical (unpaired) electrons. The topological polar surface area (TPSA) is 131 Å². The van der Waals surface area contributed by atoms with Gasteiger partial charge in [-0.25, -0.2) is 4.98 Å². The summed E-state index contributed by atoms with van der Waals surface area (Å²) in [5.74, 6) is 1.19. The molecule has 4 heterocycles. The van der Waals surface area contributed by atoms with Gasteiger partial charge < -0.3 is 27.0 Å². The van der Waals surface area contributed by atoms with E-state index in [-0.39, 0.29) is 0 Å². The van der Waals surface area contributed by atoms with Crippen LogP contribution >= 0.6 is 0 Å². The third-order valence-electron chi connectivity index (χ3n) is 4.22. The van der Waals surface area contributed by atoms with Crippen LogP contribution in [-0.4, -0.2) is 46.1 Å².